The van der Waals surface area contributed by atoms with E-state index in [2.05, 4.69) is 13.5 Å². The van der Waals surface area contributed by atoms with Crippen molar-refractivity contribution >= 4 is 23.1 Å². The van der Waals surface area contributed by atoms with Crippen molar-refractivity contribution < 1.29 is 4.79 Å². The van der Waals surface area contributed by atoms with E-state index in [1.54, 1.807) is 0 Å². The summed E-state index contributed by atoms with van der Waals surface area (Å²) in [4.78, 5) is 14.6. The molecule has 2 aliphatic rings. The van der Waals surface area contributed by atoms with Crippen LogP contribution in [-0.2, 0) is 6.54 Å². The minimum atomic E-state index is 0.143. The summed E-state index contributed by atoms with van der Waals surface area (Å²) in [5.41, 5.74) is 3.65. The smallest absolute Gasteiger partial charge is 0.255 e. The lowest BCUT2D eigenvalue weighted by atomic mass is 9.98. The number of carbonyl (C=O) groups is 1. The lowest BCUT2D eigenvalue weighted by Crippen LogP contribution is -2.34. The number of nitrogens with zero attached hydrogens (tertiary/aromatic N) is 1. The zero-order valence-corrected chi connectivity index (χ0v) is 12.1. The van der Waals surface area contributed by atoms with Gasteiger partial charge in [0.2, 0.25) is 0 Å². The zero-order valence-electron chi connectivity index (χ0n) is 11.4. The van der Waals surface area contributed by atoms with Gasteiger partial charge >= 0.3 is 0 Å². The summed E-state index contributed by atoms with van der Waals surface area (Å²) in [6.07, 6.45) is 2.49. The Morgan fingerprint density at radius 1 is 1.47 bits per heavy atom. The zero-order chi connectivity index (χ0) is 13.7. The van der Waals surface area contributed by atoms with Crippen LogP contribution in [0.15, 0.2) is 18.7 Å². The highest BCUT2D eigenvalue weighted by molar-refractivity contribution is 6.31. The van der Waals surface area contributed by atoms with Crippen molar-refractivity contribution in [3.05, 3.63) is 40.4 Å². The molecular formula is C16H18ClNO. The maximum atomic E-state index is 12.6. The molecule has 1 atom stereocenters. The summed E-state index contributed by atoms with van der Waals surface area (Å²) in [6.45, 7) is 8.73. The van der Waals surface area contributed by atoms with Crippen molar-refractivity contribution in [3.63, 3.8) is 0 Å². The molecule has 1 saturated carbocycles. The minimum absolute atomic E-state index is 0.143. The summed E-state index contributed by atoms with van der Waals surface area (Å²) >= 11 is 6.15. The first-order valence-electron chi connectivity index (χ1n) is 6.78. The summed E-state index contributed by atoms with van der Waals surface area (Å²) in [7, 11) is 0. The molecule has 1 aromatic rings. The molecule has 19 heavy (non-hydrogen) atoms. The van der Waals surface area contributed by atoms with Crippen LogP contribution in [0.25, 0.3) is 5.57 Å². The fourth-order valence-corrected chi connectivity index (χ4v) is 3.18. The number of rotatable bonds is 3. The second-order valence-corrected chi connectivity index (χ2v) is 6.22. The Balaban J connectivity index is 2.02. The first-order valence-corrected chi connectivity index (χ1v) is 7.16. The standard InChI is InChI=1S/C16H18ClNO/c1-9(2)14-7-13(17)6-12-8-18(16(19)15(12)14)10(3)11-4-5-11/h6-7,10-11H,1,4-5,8H2,2-3H3/t10-/m0/s1. The molecule has 3 heteroatoms. The highest BCUT2D eigenvalue weighted by atomic mass is 35.5. The lowest BCUT2D eigenvalue weighted by Gasteiger charge is -2.24. The number of halogens is 1. The quantitative estimate of drug-likeness (QED) is 0.812. The largest absolute Gasteiger partial charge is 0.331 e. The Morgan fingerprint density at radius 2 is 2.16 bits per heavy atom. The van der Waals surface area contributed by atoms with Crippen molar-refractivity contribution in [2.24, 2.45) is 5.92 Å². The van der Waals surface area contributed by atoms with Gasteiger partial charge in [-0.3, -0.25) is 4.79 Å². The predicted octanol–water partition coefficient (Wildman–Crippen LogP) is 4.13. The Labute approximate surface area is 119 Å². The van der Waals surface area contributed by atoms with E-state index in [0.29, 0.717) is 23.5 Å². The van der Waals surface area contributed by atoms with Gasteiger partial charge < -0.3 is 4.90 Å². The molecule has 1 heterocycles. The summed E-state index contributed by atoms with van der Waals surface area (Å²) < 4.78 is 0. The number of allylic oxidation sites excluding steroid dienone is 1. The molecule has 0 unspecified atom stereocenters. The van der Waals surface area contributed by atoms with Gasteiger partial charge in [-0.2, -0.15) is 0 Å². The Bertz CT molecular complexity index is 574. The van der Waals surface area contributed by atoms with E-state index >= 15 is 0 Å². The molecule has 100 valence electrons. The van der Waals surface area contributed by atoms with Gasteiger partial charge in [0, 0.05) is 17.6 Å². The summed E-state index contributed by atoms with van der Waals surface area (Å²) in [5, 5.41) is 0.686. The number of hydrogen-bond acceptors (Lipinski definition) is 1. The molecule has 0 saturated heterocycles. The average molecular weight is 276 g/mol. The Morgan fingerprint density at radius 3 is 2.74 bits per heavy atom. The van der Waals surface area contributed by atoms with Gasteiger partial charge in [-0.05, 0) is 55.9 Å². The average Bonchev–Trinajstić information content (AvgIpc) is 3.13. The van der Waals surface area contributed by atoms with Gasteiger partial charge in [0.25, 0.3) is 5.91 Å². The van der Waals surface area contributed by atoms with Crippen molar-refractivity contribution in [1.29, 1.82) is 0 Å². The summed E-state index contributed by atoms with van der Waals surface area (Å²) in [5.74, 6) is 0.825. The van der Waals surface area contributed by atoms with Crippen LogP contribution in [-0.4, -0.2) is 16.8 Å². The molecule has 1 aliphatic heterocycles. The predicted molar refractivity (Wildman–Crippen MR) is 78.2 cm³/mol. The van der Waals surface area contributed by atoms with Gasteiger partial charge in [0.1, 0.15) is 0 Å². The highest BCUT2D eigenvalue weighted by Crippen LogP contribution is 2.40. The molecule has 2 nitrogen and oxygen atoms in total. The van der Waals surface area contributed by atoms with Crippen molar-refractivity contribution in [3.8, 4) is 0 Å². The second kappa shape index (κ2) is 4.38. The molecule has 0 radical (unpaired) electrons. The van der Waals surface area contributed by atoms with Crippen LogP contribution in [0, 0.1) is 5.92 Å². The molecule has 1 aromatic carbocycles. The highest BCUT2D eigenvalue weighted by Gasteiger charge is 2.39. The third-order valence-corrected chi connectivity index (χ3v) is 4.47. The SMILES string of the molecule is C=C(C)c1cc(Cl)cc2c1C(=O)N([C@@H](C)C1CC1)C2. The first-order chi connectivity index (χ1) is 8.99. The van der Waals surface area contributed by atoms with Crippen LogP contribution in [0.1, 0.15) is 48.2 Å². The van der Waals surface area contributed by atoms with E-state index in [1.807, 2.05) is 24.0 Å². The lowest BCUT2D eigenvalue weighted by molar-refractivity contribution is 0.0697. The number of amides is 1. The third-order valence-electron chi connectivity index (χ3n) is 4.26. The number of hydrogen-bond donors (Lipinski definition) is 0. The minimum Gasteiger partial charge on any atom is -0.331 e. The fraction of sp³-hybridized carbons (Fsp3) is 0.438. The van der Waals surface area contributed by atoms with E-state index in [0.717, 1.165) is 22.3 Å². The molecule has 3 rings (SSSR count). The van der Waals surface area contributed by atoms with Crippen molar-refractivity contribution in [1.82, 2.24) is 4.90 Å². The Hall–Kier alpha value is -1.28. The maximum Gasteiger partial charge on any atom is 0.255 e. The topological polar surface area (TPSA) is 20.3 Å². The molecular weight excluding hydrogens is 258 g/mol. The molecule has 0 N–H and O–H groups in total. The van der Waals surface area contributed by atoms with E-state index in [1.165, 1.54) is 12.8 Å². The van der Waals surface area contributed by atoms with Gasteiger partial charge in [-0.25, -0.2) is 0 Å². The number of fused-ring (bicyclic) bond motifs is 1. The van der Waals surface area contributed by atoms with Gasteiger partial charge in [-0.15, -0.1) is 0 Å². The van der Waals surface area contributed by atoms with E-state index < -0.39 is 0 Å². The third kappa shape index (κ3) is 2.08. The van der Waals surface area contributed by atoms with Gasteiger partial charge in [0.15, 0.2) is 0 Å². The van der Waals surface area contributed by atoms with Crippen LogP contribution in [0.3, 0.4) is 0 Å². The van der Waals surface area contributed by atoms with Gasteiger partial charge in [-0.1, -0.05) is 23.8 Å². The fourth-order valence-electron chi connectivity index (χ4n) is 2.94. The van der Waals surface area contributed by atoms with Crippen LogP contribution >= 0.6 is 11.6 Å². The molecule has 0 bridgehead atoms. The van der Waals surface area contributed by atoms with Crippen LogP contribution in [0.4, 0.5) is 0 Å². The molecule has 0 spiro atoms. The monoisotopic (exact) mass is 275 g/mol. The van der Waals surface area contributed by atoms with Crippen LogP contribution in [0.2, 0.25) is 5.02 Å². The molecule has 1 aliphatic carbocycles. The second-order valence-electron chi connectivity index (χ2n) is 5.78. The molecule has 0 aromatic heterocycles. The van der Waals surface area contributed by atoms with E-state index in [9.17, 15) is 4.79 Å². The number of benzene rings is 1. The first kappa shape index (κ1) is 12.7. The molecule has 1 amide bonds. The van der Waals surface area contributed by atoms with Crippen molar-refractivity contribution in [2.45, 2.75) is 39.3 Å². The van der Waals surface area contributed by atoms with Crippen LogP contribution in [0.5, 0.6) is 0 Å². The summed E-state index contributed by atoms with van der Waals surface area (Å²) in [6, 6.07) is 4.10. The molecule has 1 fully saturated rings. The van der Waals surface area contributed by atoms with Crippen molar-refractivity contribution in [2.75, 3.05) is 0 Å². The van der Waals surface area contributed by atoms with Crippen LogP contribution < -0.4 is 0 Å². The number of carbonyl (C=O) groups excluding carboxylic acids is 1. The Kier molecular flexibility index (Phi) is 2.94. The normalized spacial score (nSPS) is 19.5. The van der Waals surface area contributed by atoms with Gasteiger partial charge in [0.05, 0.1) is 5.56 Å². The maximum absolute atomic E-state index is 12.6. The van der Waals surface area contributed by atoms with E-state index in [4.69, 9.17) is 11.6 Å². The van der Waals surface area contributed by atoms with E-state index in [-0.39, 0.29) is 5.91 Å².